The SMILES string of the molecule is O=C1OC(c2ccncc2)=N/C1=C/c1ccc2c(c1)OCCO2. The summed E-state index contributed by atoms with van der Waals surface area (Å²) in [7, 11) is 0. The van der Waals surface area contributed by atoms with Crippen molar-refractivity contribution in [2.24, 2.45) is 4.99 Å². The molecule has 0 radical (unpaired) electrons. The van der Waals surface area contributed by atoms with Gasteiger partial charge in [-0.3, -0.25) is 4.98 Å². The Bertz CT molecular complexity index is 828. The van der Waals surface area contributed by atoms with E-state index in [1.165, 1.54) is 0 Å². The Morgan fingerprint density at radius 3 is 2.61 bits per heavy atom. The zero-order chi connectivity index (χ0) is 15.6. The number of rotatable bonds is 2. The number of benzene rings is 1. The van der Waals surface area contributed by atoms with Crippen molar-refractivity contribution in [2.45, 2.75) is 0 Å². The molecule has 6 nitrogen and oxygen atoms in total. The molecule has 0 fully saturated rings. The fourth-order valence-electron chi connectivity index (χ4n) is 2.33. The van der Waals surface area contributed by atoms with Crippen LogP contribution >= 0.6 is 0 Å². The number of pyridine rings is 1. The number of hydrogen-bond acceptors (Lipinski definition) is 6. The number of aliphatic imine (C=N–C) groups is 1. The summed E-state index contributed by atoms with van der Waals surface area (Å²) in [5.74, 6) is 1.16. The van der Waals surface area contributed by atoms with Crippen molar-refractivity contribution in [1.29, 1.82) is 0 Å². The molecule has 114 valence electrons. The molecule has 3 heterocycles. The molecule has 2 aliphatic heterocycles. The van der Waals surface area contributed by atoms with E-state index in [2.05, 4.69) is 9.98 Å². The lowest BCUT2D eigenvalue weighted by atomic mass is 10.1. The van der Waals surface area contributed by atoms with E-state index < -0.39 is 5.97 Å². The summed E-state index contributed by atoms with van der Waals surface area (Å²) in [4.78, 5) is 20.2. The highest BCUT2D eigenvalue weighted by molar-refractivity contribution is 6.12. The fraction of sp³-hybridized carbons (Fsp3) is 0.118. The quantitative estimate of drug-likeness (QED) is 0.628. The topological polar surface area (TPSA) is 70.0 Å². The van der Waals surface area contributed by atoms with Gasteiger partial charge in [0.05, 0.1) is 0 Å². The summed E-state index contributed by atoms with van der Waals surface area (Å²) < 4.78 is 16.2. The standard InChI is InChI=1S/C17H12N2O4/c20-17-13(19-16(23-17)12-3-5-18-6-4-12)9-11-1-2-14-15(10-11)22-8-7-21-14/h1-6,9-10H,7-8H2/b13-9+. The predicted octanol–water partition coefficient (Wildman–Crippen LogP) is 2.20. The van der Waals surface area contributed by atoms with Gasteiger partial charge in [-0.15, -0.1) is 0 Å². The molecule has 1 aromatic carbocycles. The number of hydrogen-bond donors (Lipinski definition) is 0. The van der Waals surface area contributed by atoms with Crippen LogP contribution < -0.4 is 9.47 Å². The van der Waals surface area contributed by atoms with Gasteiger partial charge in [-0.25, -0.2) is 9.79 Å². The van der Waals surface area contributed by atoms with Crippen LogP contribution in [0.15, 0.2) is 53.4 Å². The summed E-state index contributed by atoms with van der Waals surface area (Å²) in [6, 6.07) is 8.94. The summed E-state index contributed by atoms with van der Waals surface area (Å²) in [6.45, 7) is 1.05. The van der Waals surface area contributed by atoms with Crippen LogP contribution in [0.25, 0.3) is 6.08 Å². The number of ether oxygens (including phenoxy) is 3. The maximum atomic E-state index is 12.0. The van der Waals surface area contributed by atoms with Crippen molar-refractivity contribution in [1.82, 2.24) is 4.98 Å². The van der Waals surface area contributed by atoms with E-state index in [-0.39, 0.29) is 11.6 Å². The molecule has 6 heteroatoms. The molecule has 0 bridgehead atoms. The fourth-order valence-corrected chi connectivity index (χ4v) is 2.33. The van der Waals surface area contributed by atoms with Crippen molar-refractivity contribution >= 4 is 17.9 Å². The summed E-state index contributed by atoms with van der Waals surface area (Å²) in [6.07, 6.45) is 4.90. The van der Waals surface area contributed by atoms with E-state index in [0.717, 1.165) is 5.56 Å². The molecule has 0 amide bonds. The van der Waals surface area contributed by atoms with Gasteiger partial charge in [0.2, 0.25) is 5.90 Å². The second-order valence-electron chi connectivity index (χ2n) is 4.98. The number of cyclic esters (lactones) is 1. The Balaban J connectivity index is 1.66. The molecule has 0 N–H and O–H groups in total. The molecule has 4 rings (SSSR count). The van der Waals surface area contributed by atoms with Crippen LogP contribution in [0.4, 0.5) is 0 Å². The van der Waals surface area contributed by atoms with Crippen LogP contribution in [0, 0.1) is 0 Å². The molecular formula is C17H12N2O4. The number of carbonyl (C=O) groups is 1. The smallest absolute Gasteiger partial charge is 0.363 e. The van der Waals surface area contributed by atoms with Crippen LogP contribution in [0.2, 0.25) is 0 Å². The molecule has 0 saturated carbocycles. The summed E-state index contributed by atoms with van der Waals surface area (Å²) in [5, 5.41) is 0. The third kappa shape index (κ3) is 2.66. The summed E-state index contributed by atoms with van der Waals surface area (Å²) >= 11 is 0. The van der Waals surface area contributed by atoms with Crippen LogP contribution in [-0.2, 0) is 9.53 Å². The number of esters is 1. The van der Waals surface area contributed by atoms with Gasteiger partial charge in [0.15, 0.2) is 17.2 Å². The molecule has 0 aliphatic carbocycles. The van der Waals surface area contributed by atoms with Crippen molar-refractivity contribution in [3.8, 4) is 11.5 Å². The van der Waals surface area contributed by atoms with Crippen LogP contribution in [0.5, 0.6) is 11.5 Å². The van der Waals surface area contributed by atoms with Crippen molar-refractivity contribution in [3.05, 3.63) is 59.5 Å². The Morgan fingerprint density at radius 1 is 1.00 bits per heavy atom. The molecule has 0 atom stereocenters. The highest BCUT2D eigenvalue weighted by Crippen LogP contribution is 2.31. The second-order valence-corrected chi connectivity index (χ2v) is 4.98. The van der Waals surface area contributed by atoms with Gasteiger partial charge in [-0.2, -0.15) is 0 Å². The Kier molecular flexibility index (Phi) is 3.27. The van der Waals surface area contributed by atoms with Gasteiger partial charge >= 0.3 is 5.97 Å². The molecule has 23 heavy (non-hydrogen) atoms. The zero-order valence-electron chi connectivity index (χ0n) is 12.1. The zero-order valence-corrected chi connectivity index (χ0v) is 12.1. The number of aromatic nitrogens is 1. The van der Waals surface area contributed by atoms with Gasteiger partial charge < -0.3 is 14.2 Å². The van der Waals surface area contributed by atoms with Crippen molar-refractivity contribution < 1.29 is 19.0 Å². The Hall–Kier alpha value is -3.15. The van der Waals surface area contributed by atoms with Crippen LogP contribution in [0.3, 0.4) is 0 Å². The van der Waals surface area contributed by atoms with Crippen molar-refractivity contribution in [3.63, 3.8) is 0 Å². The van der Waals surface area contributed by atoms with Gasteiger partial charge in [0, 0.05) is 18.0 Å². The minimum absolute atomic E-state index is 0.244. The largest absolute Gasteiger partial charge is 0.486 e. The normalized spacial score (nSPS) is 17.8. The van der Waals surface area contributed by atoms with E-state index >= 15 is 0 Å². The van der Waals surface area contributed by atoms with Crippen LogP contribution in [0.1, 0.15) is 11.1 Å². The molecule has 2 aliphatic rings. The van der Waals surface area contributed by atoms with E-state index in [9.17, 15) is 4.79 Å². The molecule has 0 unspecified atom stereocenters. The maximum absolute atomic E-state index is 12.0. The lowest BCUT2D eigenvalue weighted by Crippen LogP contribution is -2.15. The number of fused-ring (bicyclic) bond motifs is 1. The minimum atomic E-state index is -0.480. The molecule has 1 aromatic heterocycles. The van der Waals surface area contributed by atoms with Gasteiger partial charge in [0.1, 0.15) is 13.2 Å². The average Bonchev–Trinajstić information content (AvgIpc) is 2.96. The first-order valence-electron chi connectivity index (χ1n) is 7.12. The van der Waals surface area contributed by atoms with Crippen molar-refractivity contribution in [2.75, 3.05) is 13.2 Å². The average molecular weight is 308 g/mol. The third-order valence-electron chi connectivity index (χ3n) is 3.42. The predicted molar refractivity (Wildman–Crippen MR) is 82.3 cm³/mol. The summed E-state index contributed by atoms with van der Waals surface area (Å²) in [5.41, 5.74) is 1.74. The highest BCUT2D eigenvalue weighted by Gasteiger charge is 2.24. The van der Waals surface area contributed by atoms with Gasteiger partial charge in [-0.05, 0) is 35.9 Å². The maximum Gasteiger partial charge on any atom is 0.363 e. The first kappa shape index (κ1) is 13.5. The molecular weight excluding hydrogens is 296 g/mol. The van der Waals surface area contributed by atoms with Gasteiger partial charge in [-0.1, -0.05) is 6.07 Å². The second kappa shape index (κ2) is 5.57. The van der Waals surface area contributed by atoms with Gasteiger partial charge in [0.25, 0.3) is 0 Å². The van der Waals surface area contributed by atoms with Crippen LogP contribution in [-0.4, -0.2) is 30.1 Å². The number of nitrogens with zero attached hydrogens (tertiary/aromatic N) is 2. The third-order valence-corrected chi connectivity index (χ3v) is 3.42. The van der Waals surface area contributed by atoms with E-state index in [1.807, 2.05) is 18.2 Å². The van der Waals surface area contributed by atoms with E-state index in [1.54, 1.807) is 30.6 Å². The highest BCUT2D eigenvalue weighted by atomic mass is 16.6. The van der Waals surface area contributed by atoms with E-state index in [0.29, 0.717) is 30.3 Å². The first-order chi connectivity index (χ1) is 11.3. The first-order valence-corrected chi connectivity index (χ1v) is 7.12. The Labute approximate surface area is 132 Å². The molecule has 0 saturated heterocycles. The minimum Gasteiger partial charge on any atom is -0.486 e. The molecule has 0 spiro atoms. The molecule has 2 aromatic rings. The Morgan fingerprint density at radius 2 is 1.78 bits per heavy atom. The lowest BCUT2D eigenvalue weighted by molar-refractivity contribution is -0.129. The monoisotopic (exact) mass is 308 g/mol. The lowest BCUT2D eigenvalue weighted by Gasteiger charge is -2.18. The van der Waals surface area contributed by atoms with E-state index in [4.69, 9.17) is 14.2 Å². The number of carbonyl (C=O) groups excluding carboxylic acids is 1.